The van der Waals surface area contributed by atoms with E-state index in [4.69, 9.17) is 11.6 Å². The van der Waals surface area contributed by atoms with Gasteiger partial charge in [-0.2, -0.15) is 0 Å². The summed E-state index contributed by atoms with van der Waals surface area (Å²) < 4.78 is 1.91. The minimum absolute atomic E-state index is 0.00669. The van der Waals surface area contributed by atoms with E-state index < -0.39 is 5.38 Å². The molecule has 1 aromatic heterocycles. The molecule has 1 fully saturated rings. The molecule has 0 radical (unpaired) electrons. The van der Waals surface area contributed by atoms with Crippen LogP contribution in [-0.2, 0) is 4.79 Å². The maximum absolute atomic E-state index is 12.2. The lowest BCUT2D eigenvalue weighted by molar-refractivity contribution is -0.124. The van der Waals surface area contributed by atoms with Gasteiger partial charge < -0.3 is 9.88 Å². The second kappa shape index (κ2) is 5.60. The maximum Gasteiger partial charge on any atom is 0.242 e. The van der Waals surface area contributed by atoms with Gasteiger partial charge in [-0.1, -0.05) is 0 Å². The molecule has 1 amide bonds. The molecule has 0 saturated heterocycles. The van der Waals surface area contributed by atoms with Gasteiger partial charge in [-0.05, 0) is 46.6 Å². The SMILES string of the molecule is Cc1cc(C(=O)C(C)Cl)c(C)n1C(C)C(=O)NC1CC1. The van der Waals surface area contributed by atoms with E-state index in [-0.39, 0.29) is 17.7 Å². The highest BCUT2D eigenvalue weighted by Crippen LogP contribution is 2.24. The number of hydrogen-bond donors (Lipinski definition) is 1. The third-order valence-corrected chi connectivity index (χ3v) is 4.00. The molecular formula is C15H21ClN2O2. The number of Topliss-reactive ketones (excluding diaryl/α,β-unsaturated/α-hetero) is 1. The van der Waals surface area contributed by atoms with E-state index in [2.05, 4.69) is 5.32 Å². The number of nitrogens with one attached hydrogen (secondary N) is 1. The van der Waals surface area contributed by atoms with Crippen molar-refractivity contribution >= 4 is 23.3 Å². The smallest absolute Gasteiger partial charge is 0.242 e. The standard InChI is InChI=1S/C15H21ClN2O2/c1-8-7-13(14(19)9(2)16)10(3)18(8)11(4)15(20)17-12-5-6-12/h7,9,11-12H,5-6H2,1-4H3,(H,17,20). The van der Waals surface area contributed by atoms with Crippen LogP contribution in [0.15, 0.2) is 6.07 Å². The lowest BCUT2D eigenvalue weighted by Crippen LogP contribution is -2.33. The molecule has 1 saturated carbocycles. The van der Waals surface area contributed by atoms with E-state index in [1.807, 2.05) is 31.4 Å². The molecule has 0 aromatic carbocycles. The fourth-order valence-corrected chi connectivity index (χ4v) is 2.62. The number of aryl methyl sites for hydroxylation is 1. The van der Waals surface area contributed by atoms with Gasteiger partial charge in [-0.15, -0.1) is 11.6 Å². The molecule has 1 N–H and O–H groups in total. The highest BCUT2D eigenvalue weighted by atomic mass is 35.5. The zero-order chi connectivity index (χ0) is 15.0. The second-order valence-electron chi connectivity index (χ2n) is 5.59. The van der Waals surface area contributed by atoms with Crippen LogP contribution in [0.3, 0.4) is 0 Å². The highest BCUT2D eigenvalue weighted by molar-refractivity contribution is 6.33. The molecule has 0 spiro atoms. The van der Waals surface area contributed by atoms with Gasteiger partial charge in [-0.3, -0.25) is 9.59 Å². The van der Waals surface area contributed by atoms with Gasteiger partial charge in [-0.25, -0.2) is 0 Å². The maximum atomic E-state index is 12.2. The van der Waals surface area contributed by atoms with Crippen LogP contribution in [0.1, 0.15) is 54.5 Å². The molecule has 1 heterocycles. The zero-order valence-electron chi connectivity index (χ0n) is 12.4. The van der Waals surface area contributed by atoms with Crippen molar-refractivity contribution in [3.63, 3.8) is 0 Å². The fraction of sp³-hybridized carbons (Fsp3) is 0.600. The summed E-state index contributed by atoms with van der Waals surface area (Å²) in [6.45, 7) is 7.29. The van der Waals surface area contributed by atoms with Crippen LogP contribution in [0.25, 0.3) is 0 Å². The van der Waals surface area contributed by atoms with E-state index in [1.165, 1.54) is 0 Å². The predicted molar refractivity (Wildman–Crippen MR) is 79.4 cm³/mol. The van der Waals surface area contributed by atoms with E-state index in [0.29, 0.717) is 11.6 Å². The van der Waals surface area contributed by atoms with E-state index in [1.54, 1.807) is 6.92 Å². The Hall–Kier alpha value is -1.29. The number of halogens is 1. The van der Waals surface area contributed by atoms with Gasteiger partial charge in [0.1, 0.15) is 6.04 Å². The monoisotopic (exact) mass is 296 g/mol. The lowest BCUT2D eigenvalue weighted by atomic mass is 10.1. The number of hydrogen-bond acceptors (Lipinski definition) is 2. The highest BCUT2D eigenvalue weighted by Gasteiger charge is 2.28. The topological polar surface area (TPSA) is 51.1 Å². The summed E-state index contributed by atoms with van der Waals surface area (Å²) in [6.07, 6.45) is 2.13. The van der Waals surface area contributed by atoms with Crippen LogP contribution in [0.5, 0.6) is 0 Å². The normalized spacial score (nSPS) is 17.6. The first-order valence-electron chi connectivity index (χ1n) is 7.00. The van der Waals surface area contributed by atoms with E-state index in [0.717, 1.165) is 24.2 Å². The zero-order valence-corrected chi connectivity index (χ0v) is 13.1. The summed E-state index contributed by atoms with van der Waals surface area (Å²) in [5, 5.41) is 2.44. The molecule has 1 aliphatic rings. The third kappa shape index (κ3) is 2.90. The Kier molecular flexibility index (Phi) is 4.23. The Labute approximate surface area is 124 Å². The fourth-order valence-electron chi connectivity index (χ4n) is 2.50. The van der Waals surface area contributed by atoms with Gasteiger partial charge in [0.05, 0.1) is 5.38 Å². The largest absolute Gasteiger partial charge is 0.352 e. The summed E-state index contributed by atoms with van der Waals surface area (Å²) in [6, 6.07) is 1.84. The number of rotatable bonds is 5. The van der Waals surface area contributed by atoms with Crippen molar-refractivity contribution in [1.29, 1.82) is 0 Å². The van der Waals surface area contributed by atoms with Crippen molar-refractivity contribution < 1.29 is 9.59 Å². The van der Waals surface area contributed by atoms with E-state index >= 15 is 0 Å². The molecule has 20 heavy (non-hydrogen) atoms. The first kappa shape index (κ1) is 15.1. The molecule has 0 bridgehead atoms. The van der Waals surface area contributed by atoms with Crippen molar-refractivity contribution in [2.24, 2.45) is 0 Å². The van der Waals surface area contributed by atoms with Crippen molar-refractivity contribution in [2.45, 2.75) is 58.0 Å². The lowest BCUT2D eigenvalue weighted by Gasteiger charge is -2.18. The number of carbonyl (C=O) groups is 2. The third-order valence-electron chi connectivity index (χ3n) is 3.80. The number of amides is 1. The summed E-state index contributed by atoms with van der Waals surface area (Å²) >= 11 is 5.88. The van der Waals surface area contributed by atoms with Gasteiger partial charge >= 0.3 is 0 Å². The molecule has 4 nitrogen and oxygen atoms in total. The van der Waals surface area contributed by atoms with Crippen molar-refractivity contribution in [2.75, 3.05) is 0 Å². The first-order chi connectivity index (χ1) is 9.32. The van der Waals surface area contributed by atoms with Gasteiger partial charge in [0.2, 0.25) is 5.91 Å². The molecule has 2 rings (SSSR count). The Morgan fingerprint density at radius 3 is 2.45 bits per heavy atom. The van der Waals surface area contributed by atoms with Crippen molar-refractivity contribution in [3.8, 4) is 0 Å². The Balaban J connectivity index is 2.27. The van der Waals surface area contributed by atoms with Crippen LogP contribution in [-0.4, -0.2) is 27.7 Å². The Morgan fingerprint density at radius 2 is 1.95 bits per heavy atom. The van der Waals surface area contributed by atoms with Crippen molar-refractivity contribution in [3.05, 3.63) is 23.0 Å². The second-order valence-corrected chi connectivity index (χ2v) is 6.25. The average molecular weight is 297 g/mol. The van der Waals surface area contributed by atoms with Crippen LogP contribution in [0.2, 0.25) is 0 Å². The van der Waals surface area contributed by atoms with Crippen molar-refractivity contribution in [1.82, 2.24) is 9.88 Å². The summed E-state index contributed by atoms with van der Waals surface area (Å²) in [4.78, 5) is 24.2. The molecule has 5 heteroatoms. The minimum atomic E-state index is -0.556. The van der Waals surface area contributed by atoms with E-state index in [9.17, 15) is 9.59 Å². The Morgan fingerprint density at radius 1 is 1.35 bits per heavy atom. The molecular weight excluding hydrogens is 276 g/mol. The molecule has 110 valence electrons. The van der Waals surface area contributed by atoms with Crippen LogP contribution in [0, 0.1) is 13.8 Å². The average Bonchev–Trinajstić information content (AvgIpc) is 3.13. The minimum Gasteiger partial charge on any atom is -0.352 e. The van der Waals surface area contributed by atoms with Crippen LogP contribution in [0.4, 0.5) is 0 Å². The summed E-state index contributed by atoms with van der Waals surface area (Å²) in [7, 11) is 0. The van der Waals surface area contributed by atoms with Gasteiger partial charge in [0.15, 0.2) is 5.78 Å². The number of nitrogens with zero attached hydrogens (tertiary/aromatic N) is 1. The van der Waals surface area contributed by atoms with Gasteiger partial charge in [0, 0.05) is 23.0 Å². The molecule has 1 aromatic rings. The number of carbonyl (C=O) groups excluding carboxylic acids is 2. The van der Waals surface area contributed by atoms with Crippen LogP contribution >= 0.6 is 11.6 Å². The number of ketones is 1. The molecule has 2 unspecified atom stereocenters. The van der Waals surface area contributed by atoms with Crippen LogP contribution < -0.4 is 5.32 Å². The summed E-state index contributed by atoms with van der Waals surface area (Å²) in [5.74, 6) is -0.0898. The first-order valence-corrected chi connectivity index (χ1v) is 7.43. The number of aromatic nitrogens is 1. The molecule has 0 aliphatic heterocycles. The Bertz CT molecular complexity index is 544. The molecule has 2 atom stereocenters. The van der Waals surface area contributed by atoms with Gasteiger partial charge in [0.25, 0.3) is 0 Å². The quantitative estimate of drug-likeness (QED) is 0.671. The molecule has 1 aliphatic carbocycles. The summed E-state index contributed by atoms with van der Waals surface area (Å²) in [5.41, 5.74) is 2.32. The predicted octanol–water partition coefficient (Wildman–Crippen LogP) is 2.75. The number of alkyl halides is 1.